The zero-order chi connectivity index (χ0) is 12.2. The number of hydrogen-bond donors (Lipinski definition) is 1. The molecule has 1 aliphatic carbocycles. The van der Waals surface area contributed by atoms with E-state index >= 15 is 0 Å². The summed E-state index contributed by atoms with van der Waals surface area (Å²) < 4.78 is 0. The highest BCUT2D eigenvalue weighted by Crippen LogP contribution is 2.27. The van der Waals surface area contributed by atoms with Crippen LogP contribution in [0.25, 0.3) is 0 Å². The van der Waals surface area contributed by atoms with Crippen molar-refractivity contribution in [1.82, 2.24) is 10.2 Å². The van der Waals surface area contributed by atoms with Crippen molar-refractivity contribution in [2.45, 2.75) is 65.0 Å². The molecule has 0 heterocycles. The molecule has 16 heavy (non-hydrogen) atoms. The van der Waals surface area contributed by atoms with Gasteiger partial charge >= 0.3 is 0 Å². The second-order valence-corrected chi connectivity index (χ2v) is 6.43. The molecule has 0 aromatic carbocycles. The van der Waals surface area contributed by atoms with Gasteiger partial charge in [0.1, 0.15) is 0 Å². The highest BCUT2D eigenvalue weighted by molar-refractivity contribution is 4.80. The number of rotatable bonds is 6. The van der Waals surface area contributed by atoms with E-state index in [0.29, 0.717) is 6.04 Å². The van der Waals surface area contributed by atoms with Crippen molar-refractivity contribution in [3.05, 3.63) is 0 Å². The molecule has 1 rings (SSSR count). The topological polar surface area (TPSA) is 15.3 Å². The van der Waals surface area contributed by atoms with Crippen LogP contribution in [0.15, 0.2) is 0 Å². The Morgan fingerprint density at radius 3 is 2.31 bits per heavy atom. The van der Waals surface area contributed by atoms with E-state index in [-0.39, 0.29) is 5.54 Å². The van der Waals surface area contributed by atoms with E-state index in [1.165, 1.54) is 32.2 Å². The maximum atomic E-state index is 3.62. The van der Waals surface area contributed by atoms with Crippen molar-refractivity contribution in [3.8, 4) is 0 Å². The minimum absolute atomic E-state index is 0.241. The second-order valence-electron chi connectivity index (χ2n) is 6.43. The van der Waals surface area contributed by atoms with Crippen molar-refractivity contribution < 1.29 is 0 Å². The lowest BCUT2D eigenvalue weighted by Gasteiger charge is -2.36. The van der Waals surface area contributed by atoms with Gasteiger partial charge < -0.3 is 10.2 Å². The molecule has 0 saturated heterocycles. The quantitative estimate of drug-likeness (QED) is 0.749. The van der Waals surface area contributed by atoms with Crippen LogP contribution >= 0.6 is 0 Å². The molecule has 0 aromatic heterocycles. The van der Waals surface area contributed by atoms with E-state index < -0.39 is 0 Å². The minimum Gasteiger partial charge on any atom is -0.311 e. The summed E-state index contributed by atoms with van der Waals surface area (Å²) in [7, 11) is 2.29. The summed E-state index contributed by atoms with van der Waals surface area (Å²) in [6.07, 6.45) is 5.60. The fourth-order valence-corrected chi connectivity index (χ4v) is 2.27. The largest absolute Gasteiger partial charge is 0.311 e. The molecule has 2 nitrogen and oxygen atoms in total. The highest BCUT2D eigenvalue weighted by atomic mass is 15.2. The lowest BCUT2D eigenvalue weighted by atomic mass is 9.85. The van der Waals surface area contributed by atoms with Gasteiger partial charge in [0, 0.05) is 24.7 Å². The van der Waals surface area contributed by atoms with E-state index in [4.69, 9.17) is 0 Å². The van der Waals surface area contributed by atoms with Crippen LogP contribution in [0.3, 0.4) is 0 Å². The Morgan fingerprint density at radius 1 is 1.31 bits per heavy atom. The summed E-state index contributed by atoms with van der Waals surface area (Å²) in [6, 6.07) is 0.694. The Labute approximate surface area is 102 Å². The Hall–Kier alpha value is -0.0800. The first-order chi connectivity index (χ1) is 7.42. The lowest BCUT2D eigenvalue weighted by Crippen LogP contribution is -2.47. The van der Waals surface area contributed by atoms with Crippen molar-refractivity contribution >= 4 is 0 Å². The molecule has 96 valence electrons. The van der Waals surface area contributed by atoms with E-state index in [0.717, 1.165) is 12.5 Å². The van der Waals surface area contributed by atoms with Gasteiger partial charge in [-0.2, -0.15) is 0 Å². The summed E-state index contributed by atoms with van der Waals surface area (Å²) >= 11 is 0. The maximum absolute atomic E-state index is 3.62. The van der Waals surface area contributed by atoms with E-state index in [9.17, 15) is 0 Å². The van der Waals surface area contributed by atoms with Gasteiger partial charge in [-0.3, -0.25) is 0 Å². The van der Waals surface area contributed by atoms with Crippen LogP contribution in [0, 0.1) is 5.92 Å². The van der Waals surface area contributed by atoms with Crippen LogP contribution in [-0.2, 0) is 0 Å². The highest BCUT2D eigenvalue weighted by Gasteiger charge is 2.23. The maximum Gasteiger partial charge on any atom is 0.0215 e. The van der Waals surface area contributed by atoms with Gasteiger partial charge in [-0.05, 0) is 53.0 Å². The molecule has 1 saturated carbocycles. The number of nitrogens with one attached hydrogen (secondary N) is 1. The van der Waals surface area contributed by atoms with Gasteiger partial charge in [0.05, 0.1) is 0 Å². The molecule has 1 aliphatic rings. The van der Waals surface area contributed by atoms with Crippen molar-refractivity contribution in [2.24, 2.45) is 5.92 Å². The molecule has 1 fully saturated rings. The standard InChI is InChI=1S/C14H30N2/c1-6-13(10-15-14(2,3)4)16(5)11-12-8-7-9-12/h12-13,15H,6-11H2,1-5H3. The molecule has 1 unspecified atom stereocenters. The van der Waals surface area contributed by atoms with Crippen molar-refractivity contribution in [1.29, 1.82) is 0 Å². The SMILES string of the molecule is CCC(CNC(C)(C)C)N(C)CC1CCC1. The molecule has 0 aliphatic heterocycles. The minimum atomic E-state index is 0.241. The first kappa shape index (κ1) is 14.0. The average Bonchev–Trinajstić information content (AvgIpc) is 2.10. The molecular formula is C14H30N2. The van der Waals surface area contributed by atoms with Crippen LogP contribution in [0.4, 0.5) is 0 Å². The van der Waals surface area contributed by atoms with Crippen LogP contribution in [0.1, 0.15) is 53.4 Å². The normalized spacial score (nSPS) is 19.9. The van der Waals surface area contributed by atoms with Crippen LogP contribution in [0.5, 0.6) is 0 Å². The third kappa shape index (κ3) is 4.84. The summed E-state index contributed by atoms with van der Waals surface area (Å²) in [5.74, 6) is 0.980. The molecule has 0 aromatic rings. The molecule has 0 amide bonds. The molecule has 0 spiro atoms. The van der Waals surface area contributed by atoms with Crippen molar-refractivity contribution in [3.63, 3.8) is 0 Å². The first-order valence-electron chi connectivity index (χ1n) is 6.87. The van der Waals surface area contributed by atoms with E-state index in [1.807, 2.05) is 0 Å². The number of nitrogens with zero attached hydrogens (tertiary/aromatic N) is 1. The van der Waals surface area contributed by atoms with Gasteiger partial charge in [-0.25, -0.2) is 0 Å². The smallest absolute Gasteiger partial charge is 0.0215 e. The number of hydrogen-bond acceptors (Lipinski definition) is 2. The average molecular weight is 226 g/mol. The lowest BCUT2D eigenvalue weighted by molar-refractivity contribution is 0.151. The third-order valence-electron chi connectivity index (χ3n) is 3.73. The summed E-state index contributed by atoms with van der Waals surface area (Å²) in [5.41, 5.74) is 0.241. The third-order valence-corrected chi connectivity index (χ3v) is 3.73. The predicted molar refractivity (Wildman–Crippen MR) is 71.8 cm³/mol. The number of likely N-dealkylation sites (N-methyl/N-ethyl adjacent to an activating group) is 1. The Kier molecular flexibility index (Phi) is 5.26. The zero-order valence-corrected chi connectivity index (χ0v) is 11.8. The fraction of sp³-hybridized carbons (Fsp3) is 1.00. The van der Waals surface area contributed by atoms with Crippen molar-refractivity contribution in [2.75, 3.05) is 20.1 Å². The molecule has 1 atom stereocenters. The molecule has 0 bridgehead atoms. The van der Waals surface area contributed by atoms with Crippen LogP contribution < -0.4 is 5.32 Å². The monoisotopic (exact) mass is 226 g/mol. The molecule has 2 heteroatoms. The summed E-state index contributed by atoms with van der Waals surface area (Å²) in [4.78, 5) is 2.56. The van der Waals surface area contributed by atoms with Gasteiger partial charge in [0.2, 0.25) is 0 Å². The van der Waals surface area contributed by atoms with E-state index in [2.05, 4.69) is 45.0 Å². The van der Waals surface area contributed by atoms with Gasteiger partial charge in [0.25, 0.3) is 0 Å². The van der Waals surface area contributed by atoms with Gasteiger partial charge in [-0.15, -0.1) is 0 Å². The second kappa shape index (κ2) is 6.02. The molecule has 0 radical (unpaired) electrons. The summed E-state index contributed by atoms with van der Waals surface area (Å²) in [5, 5.41) is 3.62. The van der Waals surface area contributed by atoms with Crippen LogP contribution in [-0.4, -0.2) is 36.6 Å². The van der Waals surface area contributed by atoms with Crippen LogP contribution in [0.2, 0.25) is 0 Å². The Morgan fingerprint density at radius 2 is 1.94 bits per heavy atom. The first-order valence-corrected chi connectivity index (χ1v) is 6.87. The Bertz CT molecular complexity index is 191. The van der Waals surface area contributed by atoms with Gasteiger partial charge in [0.15, 0.2) is 0 Å². The summed E-state index contributed by atoms with van der Waals surface area (Å²) in [6.45, 7) is 11.4. The predicted octanol–water partition coefficient (Wildman–Crippen LogP) is 2.89. The zero-order valence-electron chi connectivity index (χ0n) is 11.8. The Balaban J connectivity index is 2.27. The molecular weight excluding hydrogens is 196 g/mol. The van der Waals surface area contributed by atoms with E-state index in [1.54, 1.807) is 0 Å². The van der Waals surface area contributed by atoms with Gasteiger partial charge in [-0.1, -0.05) is 13.3 Å². The fourth-order valence-electron chi connectivity index (χ4n) is 2.27. The molecule has 1 N–H and O–H groups in total.